The first-order valence-electron chi connectivity index (χ1n) is 15.8. The second-order valence-corrected chi connectivity index (χ2v) is 17.2. The second-order valence-electron chi connectivity index (χ2n) is 12.9. The lowest BCUT2D eigenvalue weighted by Gasteiger charge is -2.16. The van der Waals surface area contributed by atoms with Crippen LogP contribution in [0.1, 0.15) is 107 Å². The fourth-order valence-corrected chi connectivity index (χ4v) is 10.2. The maximum absolute atomic E-state index is 16.1. The molecule has 244 valence electrons. The quantitative estimate of drug-likeness (QED) is 0.123. The molecule has 4 aromatic rings. The van der Waals surface area contributed by atoms with Gasteiger partial charge in [0.1, 0.15) is 4.88 Å². The molecule has 1 atom stereocenters. The highest BCUT2D eigenvalue weighted by Crippen LogP contribution is 2.49. The van der Waals surface area contributed by atoms with Crippen LogP contribution in [0.3, 0.4) is 0 Å². The average Bonchev–Trinajstić information content (AvgIpc) is 3.75. The van der Waals surface area contributed by atoms with Gasteiger partial charge >= 0.3 is 5.97 Å². The molecule has 0 spiro atoms. The Balaban J connectivity index is 0.00000271. The highest BCUT2D eigenvalue weighted by molar-refractivity contribution is 7.29. The van der Waals surface area contributed by atoms with Crippen LogP contribution in [0.5, 0.6) is 0 Å². The van der Waals surface area contributed by atoms with Crippen LogP contribution in [0.15, 0.2) is 42.0 Å². The third-order valence-corrected chi connectivity index (χ3v) is 12.7. The lowest BCUT2D eigenvalue weighted by atomic mass is 9.92. The van der Waals surface area contributed by atoms with Crippen molar-refractivity contribution in [2.24, 2.45) is 11.8 Å². The van der Waals surface area contributed by atoms with Gasteiger partial charge < -0.3 is 4.74 Å². The van der Waals surface area contributed by atoms with E-state index < -0.39 is 11.8 Å². The third-order valence-electron chi connectivity index (χ3n) is 7.34. The molecule has 0 aliphatic rings. The third kappa shape index (κ3) is 8.16. The number of esters is 1. The molecule has 0 saturated heterocycles. The molecular formula is C38H49FO2S4. The summed E-state index contributed by atoms with van der Waals surface area (Å²) in [5.74, 6) is -0.236. The SMILES string of the molecule is C=CC(=C(C)C)/C(c1ccc(CC(C)C)s1)=c1/sc(-c2sc(C(C)(C)C)c3c(F)c(C(=O)OCC(C)CC)sc23)cc1=C.CC. The summed E-state index contributed by atoms with van der Waals surface area (Å²) in [6, 6.07) is 6.57. The average molecular weight is 685 g/mol. The number of fused-ring (bicyclic) bond motifs is 1. The summed E-state index contributed by atoms with van der Waals surface area (Å²) >= 11 is 6.34. The van der Waals surface area contributed by atoms with Gasteiger partial charge in [0.15, 0.2) is 5.82 Å². The van der Waals surface area contributed by atoms with Crippen molar-refractivity contribution in [1.29, 1.82) is 0 Å². The highest BCUT2D eigenvalue weighted by Gasteiger charge is 2.31. The van der Waals surface area contributed by atoms with Gasteiger partial charge in [0.25, 0.3) is 0 Å². The summed E-state index contributed by atoms with van der Waals surface area (Å²) in [5, 5.41) is 1.48. The zero-order valence-corrected chi connectivity index (χ0v) is 32.1. The van der Waals surface area contributed by atoms with Gasteiger partial charge in [0.05, 0.1) is 16.2 Å². The number of halogens is 1. The summed E-state index contributed by atoms with van der Waals surface area (Å²) in [7, 11) is 0. The largest absolute Gasteiger partial charge is 0.461 e. The number of rotatable bonds is 10. The van der Waals surface area contributed by atoms with E-state index in [1.165, 1.54) is 26.7 Å². The van der Waals surface area contributed by atoms with Crippen molar-refractivity contribution in [3.05, 3.63) is 77.1 Å². The first-order valence-corrected chi connectivity index (χ1v) is 19.1. The van der Waals surface area contributed by atoms with Crippen molar-refractivity contribution >= 4 is 73.6 Å². The molecule has 0 radical (unpaired) electrons. The zero-order valence-electron chi connectivity index (χ0n) is 28.8. The normalized spacial score (nSPS) is 13.0. The Morgan fingerprint density at radius 2 is 1.73 bits per heavy atom. The van der Waals surface area contributed by atoms with Gasteiger partial charge in [-0.3, -0.25) is 0 Å². The Morgan fingerprint density at radius 3 is 2.29 bits per heavy atom. The highest BCUT2D eigenvalue weighted by atomic mass is 32.1. The Bertz CT molecular complexity index is 1800. The Hall–Kier alpha value is -2.32. The summed E-state index contributed by atoms with van der Waals surface area (Å²) < 4.78 is 23.5. The predicted octanol–water partition coefficient (Wildman–Crippen LogP) is 11.7. The van der Waals surface area contributed by atoms with E-state index in [0.29, 0.717) is 11.3 Å². The number of ether oxygens (including phenoxy) is 1. The van der Waals surface area contributed by atoms with Crippen molar-refractivity contribution in [1.82, 2.24) is 0 Å². The molecule has 0 fully saturated rings. The summed E-state index contributed by atoms with van der Waals surface area (Å²) in [4.78, 5) is 18.6. The van der Waals surface area contributed by atoms with Crippen molar-refractivity contribution in [2.75, 3.05) is 6.61 Å². The molecule has 4 heterocycles. The number of thiophene rings is 4. The molecule has 2 nitrogen and oxygen atoms in total. The number of hydrogen-bond acceptors (Lipinski definition) is 6. The molecule has 45 heavy (non-hydrogen) atoms. The number of allylic oxidation sites excluding steroid dienone is 3. The summed E-state index contributed by atoms with van der Waals surface area (Å²) in [5.41, 5.74) is 3.14. The first-order chi connectivity index (χ1) is 21.2. The lowest BCUT2D eigenvalue weighted by molar-refractivity contribution is 0.0448. The minimum Gasteiger partial charge on any atom is -0.461 e. The standard InChI is InChI=1S/C36H43FO2S4.C2H6/c1-12-21(7)18-39-35(38)33-29(37)28-32(42-33)31(43-34(28)36(9,10)11)26-17-22(8)30(41-26)27(24(13-2)20(5)6)25-15-14-23(40-25)16-19(3)4;1-2/h13-15,17,19,21H,2,8,12,16,18H2,1,3-7,9-11H3;1-2H3/b30-27-;. The van der Waals surface area contributed by atoms with E-state index >= 15 is 4.39 Å². The van der Waals surface area contributed by atoms with Crippen LogP contribution in [0, 0.1) is 17.7 Å². The topological polar surface area (TPSA) is 26.3 Å². The second kappa shape index (κ2) is 15.5. The van der Waals surface area contributed by atoms with Gasteiger partial charge in [-0.2, -0.15) is 0 Å². The Morgan fingerprint density at radius 1 is 1.07 bits per heavy atom. The Kier molecular flexibility index (Phi) is 12.8. The lowest BCUT2D eigenvalue weighted by Crippen LogP contribution is -2.20. The van der Waals surface area contributed by atoms with Crippen LogP contribution in [-0.2, 0) is 16.6 Å². The van der Waals surface area contributed by atoms with Crippen LogP contribution >= 0.6 is 45.3 Å². The van der Waals surface area contributed by atoms with Gasteiger partial charge in [0, 0.05) is 35.0 Å². The minimum atomic E-state index is -0.579. The van der Waals surface area contributed by atoms with E-state index in [9.17, 15) is 4.79 Å². The molecule has 4 rings (SSSR count). The van der Waals surface area contributed by atoms with E-state index in [4.69, 9.17) is 4.74 Å². The fourth-order valence-electron chi connectivity index (χ4n) is 4.90. The minimum absolute atomic E-state index is 0.0569. The van der Waals surface area contributed by atoms with Gasteiger partial charge in [-0.25, -0.2) is 9.18 Å². The van der Waals surface area contributed by atoms with Gasteiger partial charge in [-0.05, 0) is 66.5 Å². The maximum Gasteiger partial charge on any atom is 0.351 e. The molecule has 0 aliphatic carbocycles. The maximum atomic E-state index is 16.1. The Labute approximate surface area is 285 Å². The van der Waals surface area contributed by atoms with Crippen LogP contribution in [0.25, 0.3) is 32.0 Å². The monoisotopic (exact) mass is 684 g/mol. The molecule has 4 aromatic heterocycles. The van der Waals surface area contributed by atoms with Crippen LogP contribution in [0.2, 0.25) is 0 Å². The molecule has 1 unspecified atom stereocenters. The van der Waals surface area contributed by atoms with Crippen molar-refractivity contribution in [3.8, 4) is 9.75 Å². The number of carbonyl (C=O) groups is 1. The molecule has 0 saturated carbocycles. The molecule has 7 heteroatoms. The van der Waals surface area contributed by atoms with Crippen molar-refractivity contribution in [3.63, 3.8) is 0 Å². The van der Waals surface area contributed by atoms with Gasteiger partial charge in [-0.15, -0.1) is 45.3 Å². The van der Waals surface area contributed by atoms with E-state index in [0.717, 1.165) is 53.1 Å². The molecule has 0 amide bonds. The molecular weight excluding hydrogens is 636 g/mol. The van der Waals surface area contributed by atoms with Gasteiger partial charge in [-0.1, -0.05) is 93.5 Å². The predicted molar refractivity (Wildman–Crippen MR) is 201 cm³/mol. The van der Waals surface area contributed by atoms with E-state index in [1.807, 2.05) is 38.2 Å². The van der Waals surface area contributed by atoms with E-state index in [2.05, 4.69) is 86.7 Å². The van der Waals surface area contributed by atoms with Crippen molar-refractivity contribution in [2.45, 2.75) is 94.4 Å². The fraction of sp³-hybridized carbons (Fsp3) is 0.447. The summed E-state index contributed by atoms with van der Waals surface area (Å²) in [6.45, 7) is 32.0. The van der Waals surface area contributed by atoms with E-state index in [-0.39, 0.29) is 22.8 Å². The number of carbonyl (C=O) groups excluding carboxylic acids is 1. The molecule has 0 aromatic carbocycles. The molecule has 0 N–H and O–H groups in total. The summed E-state index contributed by atoms with van der Waals surface area (Å²) in [6.07, 6.45) is 3.88. The first kappa shape index (κ1) is 37.1. The van der Waals surface area contributed by atoms with Gasteiger partial charge in [0.2, 0.25) is 0 Å². The number of hydrogen-bond donors (Lipinski definition) is 0. The smallest absolute Gasteiger partial charge is 0.351 e. The van der Waals surface area contributed by atoms with Crippen molar-refractivity contribution < 1.29 is 13.9 Å². The van der Waals surface area contributed by atoms with Crippen LogP contribution in [-0.4, -0.2) is 12.6 Å². The van der Waals surface area contributed by atoms with Crippen LogP contribution in [0.4, 0.5) is 4.39 Å². The zero-order chi connectivity index (χ0) is 33.8. The molecule has 0 bridgehead atoms. The van der Waals surface area contributed by atoms with Crippen LogP contribution < -0.4 is 9.75 Å². The van der Waals surface area contributed by atoms with E-state index in [1.54, 1.807) is 22.7 Å². The molecule has 0 aliphatic heterocycles.